The second-order valence-electron chi connectivity index (χ2n) is 7.77. The molecule has 3 aromatic rings. The van der Waals surface area contributed by atoms with E-state index in [1.807, 2.05) is 30.3 Å². The van der Waals surface area contributed by atoms with Gasteiger partial charge in [-0.1, -0.05) is 42.5 Å². The summed E-state index contributed by atoms with van der Waals surface area (Å²) >= 11 is 0. The Balaban J connectivity index is 1.56. The van der Waals surface area contributed by atoms with Crippen LogP contribution < -0.4 is 19.1 Å². The summed E-state index contributed by atoms with van der Waals surface area (Å²) < 4.78 is 39.5. The van der Waals surface area contributed by atoms with E-state index in [2.05, 4.69) is 5.32 Å². The molecule has 0 aromatic heterocycles. The van der Waals surface area contributed by atoms with Gasteiger partial charge in [0.2, 0.25) is 0 Å². The van der Waals surface area contributed by atoms with Crippen LogP contribution in [-0.4, -0.2) is 40.6 Å². The molecule has 0 saturated carbocycles. The van der Waals surface area contributed by atoms with Crippen LogP contribution in [0.25, 0.3) is 0 Å². The Morgan fingerprint density at radius 3 is 2.55 bits per heavy atom. The van der Waals surface area contributed by atoms with E-state index < -0.39 is 16.1 Å². The molecule has 1 aliphatic rings. The zero-order valence-electron chi connectivity index (χ0n) is 18.5. The largest absolute Gasteiger partial charge is 0.496 e. The third kappa shape index (κ3) is 4.80. The standard InChI is InChI=1S/C25H26N2O5S/c1-18-16-20(12-13-22(18)31-2)33(29,30)27-17-24(32-23-11-7-6-10-21(23)27)25(28)26-15-14-19-8-4-3-5-9-19/h3-13,16,24H,14-15,17H2,1-2H3,(H,26,28)/t24-/m1/s1. The maximum atomic E-state index is 13.6. The number of sulfonamides is 1. The van der Waals surface area contributed by atoms with Gasteiger partial charge in [0.05, 0.1) is 24.2 Å². The summed E-state index contributed by atoms with van der Waals surface area (Å²) in [7, 11) is -2.40. The number of anilines is 1. The van der Waals surface area contributed by atoms with Gasteiger partial charge in [-0.15, -0.1) is 0 Å². The van der Waals surface area contributed by atoms with Gasteiger partial charge in [0.15, 0.2) is 6.10 Å². The second-order valence-corrected chi connectivity index (χ2v) is 9.63. The first-order valence-corrected chi connectivity index (χ1v) is 12.1. The fourth-order valence-corrected chi connectivity index (χ4v) is 5.36. The number of hydrogen-bond donors (Lipinski definition) is 1. The van der Waals surface area contributed by atoms with Crippen molar-refractivity contribution in [2.24, 2.45) is 0 Å². The van der Waals surface area contributed by atoms with Gasteiger partial charge < -0.3 is 14.8 Å². The van der Waals surface area contributed by atoms with Crippen LogP contribution in [0.1, 0.15) is 11.1 Å². The van der Waals surface area contributed by atoms with E-state index in [-0.39, 0.29) is 17.3 Å². The van der Waals surface area contributed by atoms with Crippen LogP contribution in [0, 0.1) is 6.92 Å². The molecule has 1 amide bonds. The Labute approximate surface area is 194 Å². The minimum atomic E-state index is -3.94. The number of amides is 1. The predicted octanol–water partition coefficient (Wildman–Crippen LogP) is 3.32. The zero-order valence-corrected chi connectivity index (χ0v) is 19.3. The highest BCUT2D eigenvalue weighted by molar-refractivity contribution is 7.92. The van der Waals surface area contributed by atoms with E-state index in [9.17, 15) is 13.2 Å². The molecule has 0 aliphatic carbocycles. The maximum Gasteiger partial charge on any atom is 0.264 e. The molecule has 0 fully saturated rings. The first-order valence-electron chi connectivity index (χ1n) is 10.6. The van der Waals surface area contributed by atoms with Gasteiger partial charge in [-0.25, -0.2) is 8.42 Å². The molecule has 1 atom stereocenters. The molecular weight excluding hydrogens is 440 g/mol. The average Bonchev–Trinajstić information content (AvgIpc) is 2.83. The number of ether oxygens (including phenoxy) is 2. The smallest absolute Gasteiger partial charge is 0.264 e. The van der Waals surface area contributed by atoms with Crippen LogP contribution >= 0.6 is 0 Å². The monoisotopic (exact) mass is 466 g/mol. The van der Waals surface area contributed by atoms with E-state index >= 15 is 0 Å². The van der Waals surface area contributed by atoms with Crippen molar-refractivity contribution in [3.05, 3.63) is 83.9 Å². The number of methoxy groups -OCH3 is 1. The summed E-state index contributed by atoms with van der Waals surface area (Å²) in [6.45, 7) is 2.09. The Morgan fingerprint density at radius 2 is 1.82 bits per heavy atom. The number of carbonyl (C=O) groups excluding carboxylic acids is 1. The van der Waals surface area contributed by atoms with Crippen molar-refractivity contribution in [1.29, 1.82) is 0 Å². The molecule has 0 unspecified atom stereocenters. The summed E-state index contributed by atoms with van der Waals surface area (Å²) in [5, 5.41) is 2.87. The second kappa shape index (κ2) is 9.54. The number of carbonyl (C=O) groups is 1. The van der Waals surface area contributed by atoms with Gasteiger partial charge in [0, 0.05) is 6.54 Å². The van der Waals surface area contributed by atoms with Crippen LogP contribution in [0.4, 0.5) is 5.69 Å². The van der Waals surface area contributed by atoms with Gasteiger partial charge in [-0.05, 0) is 54.8 Å². The summed E-state index contributed by atoms with van der Waals surface area (Å²) in [5.74, 6) is 0.597. The lowest BCUT2D eigenvalue weighted by Crippen LogP contribution is -2.51. The van der Waals surface area contributed by atoms with E-state index in [0.29, 0.717) is 35.7 Å². The Kier molecular flexibility index (Phi) is 6.55. The number of hydrogen-bond acceptors (Lipinski definition) is 5. The van der Waals surface area contributed by atoms with Crippen LogP contribution in [0.3, 0.4) is 0 Å². The number of para-hydroxylation sites is 2. The van der Waals surface area contributed by atoms with Gasteiger partial charge in [0.1, 0.15) is 11.5 Å². The fourth-order valence-electron chi connectivity index (χ4n) is 3.79. The summed E-state index contributed by atoms with van der Waals surface area (Å²) in [6, 6.07) is 21.3. The topological polar surface area (TPSA) is 84.9 Å². The lowest BCUT2D eigenvalue weighted by atomic mass is 10.1. The first-order chi connectivity index (χ1) is 15.9. The SMILES string of the molecule is COc1ccc(S(=O)(=O)N2C[C@H](C(=O)NCCc3ccccc3)Oc3ccccc32)cc1C. The molecule has 8 heteroatoms. The summed E-state index contributed by atoms with van der Waals surface area (Å²) in [6.07, 6.45) is -0.298. The van der Waals surface area contributed by atoms with Crippen molar-refractivity contribution in [2.75, 3.05) is 24.5 Å². The highest BCUT2D eigenvalue weighted by Crippen LogP contribution is 2.37. The van der Waals surface area contributed by atoms with Crippen LogP contribution in [0.5, 0.6) is 11.5 Å². The minimum Gasteiger partial charge on any atom is -0.496 e. The predicted molar refractivity (Wildman–Crippen MR) is 126 cm³/mol. The molecule has 0 radical (unpaired) electrons. The molecule has 1 N–H and O–H groups in total. The quantitative estimate of drug-likeness (QED) is 0.578. The van der Waals surface area contributed by atoms with Crippen molar-refractivity contribution in [1.82, 2.24) is 5.32 Å². The summed E-state index contributed by atoms with van der Waals surface area (Å²) in [5.41, 5.74) is 2.21. The highest BCUT2D eigenvalue weighted by Gasteiger charge is 2.37. The van der Waals surface area contributed by atoms with Crippen molar-refractivity contribution in [3.8, 4) is 11.5 Å². The molecule has 0 bridgehead atoms. The Bertz CT molecular complexity index is 1240. The first kappa shape index (κ1) is 22.7. The number of rotatable bonds is 7. The molecular formula is C25H26N2O5S. The van der Waals surface area contributed by atoms with Crippen LogP contribution in [0.2, 0.25) is 0 Å². The van der Waals surface area contributed by atoms with Gasteiger partial charge in [0.25, 0.3) is 15.9 Å². The molecule has 0 spiro atoms. The normalized spacial score (nSPS) is 15.3. The lowest BCUT2D eigenvalue weighted by molar-refractivity contribution is -0.127. The molecule has 172 valence electrons. The van der Waals surface area contributed by atoms with Crippen LogP contribution in [0.15, 0.2) is 77.7 Å². The number of benzene rings is 3. The molecule has 33 heavy (non-hydrogen) atoms. The van der Waals surface area contributed by atoms with Gasteiger partial charge in [-0.3, -0.25) is 9.10 Å². The average molecular weight is 467 g/mol. The number of fused-ring (bicyclic) bond motifs is 1. The summed E-state index contributed by atoms with van der Waals surface area (Å²) in [4.78, 5) is 13.0. The molecule has 3 aromatic carbocycles. The fraction of sp³-hybridized carbons (Fsp3) is 0.240. The van der Waals surface area contributed by atoms with E-state index in [1.54, 1.807) is 43.3 Å². The molecule has 7 nitrogen and oxygen atoms in total. The van der Waals surface area contributed by atoms with Crippen molar-refractivity contribution in [3.63, 3.8) is 0 Å². The van der Waals surface area contributed by atoms with Crippen LogP contribution in [-0.2, 0) is 21.2 Å². The molecule has 1 aliphatic heterocycles. The Morgan fingerprint density at radius 1 is 1.09 bits per heavy atom. The number of nitrogens with zero attached hydrogens (tertiary/aromatic N) is 1. The molecule has 0 saturated heterocycles. The van der Waals surface area contributed by atoms with E-state index in [1.165, 1.54) is 17.5 Å². The lowest BCUT2D eigenvalue weighted by Gasteiger charge is -2.34. The number of nitrogens with one attached hydrogen (secondary N) is 1. The third-order valence-electron chi connectivity index (χ3n) is 5.54. The van der Waals surface area contributed by atoms with E-state index in [4.69, 9.17) is 9.47 Å². The minimum absolute atomic E-state index is 0.123. The highest BCUT2D eigenvalue weighted by atomic mass is 32.2. The maximum absolute atomic E-state index is 13.6. The third-order valence-corrected chi connectivity index (χ3v) is 7.31. The Hall–Kier alpha value is -3.52. The van der Waals surface area contributed by atoms with Gasteiger partial charge >= 0.3 is 0 Å². The van der Waals surface area contributed by atoms with Crippen molar-refractivity contribution in [2.45, 2.75) is 24.3 Å². The van der Waals surface area contributed by atoms with Crippen molar-refractivity contribution >= 4 is 21.6 Å². The van der Waals surface area contributed by atoms with E-state index in [0.717, 1.165) is 5.56 Å². The van der Waals surface area contributed by atoms with Gasteiger partial charge in [-0.2, -0.15) is 0 Å². The zero-order chi connectivity index (χ0) is 23.4. The number of aryl methyl sites for hydroxylation is 1. The molecule has 1 heterocycles. The molecule has 4 rings (SSSR count). The van der Waals surface area contributed by atoms with Crippen molar-refractivity contribution < 1.29 is 22.7 Å².